The molecule has 0 radical (unpaired) electrons. The van der Waals surface area contributed by atoms with Gasteiger partial charge >= 0.3 is 0 Å². The van der Waals surface area contributed by atoms with Gasteiger partial charge in [-0.15, -0.1) is 10.1 Å². The molecule has 0 aliphatic rings. The van der Waals surface area contributed by atoms with Crippen LogP contribution in [0.4, 0.5) is 0 Å². The molecule has 2 aromatic carbocycles. The predicted molar refractivity (Wildman–Crippen MR) is 112 cm³/mol. The van der Waals surface area contributed by atoms with Crippen molar-refractivity contribution in [2.24, 2.45) is 0 Å². The summed E-state index contributed by atoms with van der Waals surface area (Å²) in [6.07, 6.45) is 6.93. The summed E-state index contributed by atoms with van der Waals surface area (Å²) in [7, 11) is 0. The van der Waals surface area contributed by atoms with Crippen molar-refractivity contribution in [2.75, 3.05) is 0 Å². The monoisotopic (exact) mass is 457 g/mol. The lowest BCUT2D eigenvalue weighted by Gasteiger charge is -2.21. The van der Waals surface area contributed by atoms with E-state index in [0.29, 0.717) is 27.4 Å². The number of imidazole rings is 1. The van der Waals surface area contributed by atoms with Crippen LogP contribution in [0.5, 0.6) is 5.75 Å². The molecule has 1 atom stereocenters. The van der Waals surface area contributed by atoms with E-state index in [1.807, 2.05) is 47.2 Å². The summed E-state index contributed by atoms with van der Waals surface area (Å²) in [6.45, 7) is 0.677. The number of nitrogens with zero attached hydrogens (tertiary/aromatic N) is 3. The zero-order valence-electron chi connectivity index (χ0n) is 15.1. The quantitative estimate of drug-likeness (QED) is 0.369. The molecule has 0 saturated carbocycles. The maximum atomic E-state index is 8.36. The van der Waals surface area contributed by atoms with E-state index in [1.54, 1.807) is 18.6 Å². The van der Waals surface area contributed by atoms with E-state index in [0.717, 1.165) is 18.4 Å². The fraction of sp³-hybridized carbons (Fsp3) is 0.211. The van der Waals surface area contributed by atoms with Crippen LogP contribution >= 0.6 is 34.8 Å². The topological polar surface area (TPSA) is 90.4 Å². The third-order valence-corrected chi connectivity index (χ3v) is 4.75. The summed E-state index contributed by atoms with van der Waals surface area (Å²) >= 11 is 18.5. The van der Waals surface area contributed by atoms with Crippen LogP contribution in [-0.2, 0) is 13.0 Å². The van der Waals surface area contributed by atoms with E-state index in [-0.39, 0.29) is 6.10 Å². The fourth-order valence-corrected chi connectivity index (χ4v) is 3.26. The van der Waals surface area contributed by atoms with Gasteiger partial charge in [-0.3, -0.25) is 0 Å². The normalized spacial score (nSPS) is 11.3. The Hall–Kier alpha value is -2.48. The molecular formula is C19H18Cl3N3O4. The Kier molecular flexibility index (Phi) is 9.05. The SMILES string of the molecule is Clc1ccc(CCC(Cn2ccnc2)Oc2ccccc2Cl)c(Cl)c1.O=[N+]([O-])O. The minimum atomic E-state index is -1.50. The molecule has 0 amide bonds. The Morgan fingerprint density at radius 1 is 1.17 bits per heavy atom. The van der Waals surface area contributed by atoms with Crippen LogP contribution in [0, 0.1) is 10.1 Å². The lowest BCUT2D eigenvalue weighted by atomic mass is 10.1. The highest BCUT2D eigenvalue weighted by molar-refractivity contribution is 6.35. The first kappa shape index (κ1) is 22.8. The number of halogens is 3. The van der Waals surface area contributed by atoms with Crippen LogP contribution in [0.25, 0.3) is 0 Å². The van der Waals surface area contributed by atoms with Gasteiger partial charge in [-0.2, -0.15) is 0 Å². The van der Waals surface area contributed by atoms with Gasteiger partial charge in [0.1, 0.15) is 11.9 Å². The Morgan fingerprint density at radius 3 is 2.52 bits per heavy atom. The summed E-state index contributed by atoms with van der Waals surface area (Å²) in [5, 5.41) is 15.5. The average Bonchev–Trinajstić information content (AvgIpc) is 3.15. The lowest BCUT2D eigenvalue weighted by molar-refractivity contribution is -0.742. The summed E-state index contributed by atoms with van der Waals surface area (Å²) < 4.78 is 8.15. The third-order valence-electron chi connectivity index (χ3n) is 3.85. The number of hydrogen-bond acceptors (Lipinski definition) is 4. The minimum Gasteiger partial charge on any atom is -0.487 e. The average molecular weight is 459 g/mol. The zero-order valence-corrected chi connectivity index (χ0v) is 17.4. The van der Waals surface area contributed by atoms with Crippen molar-refractivity contribution in [2.45, 2.75) is 25.5 Å². The van der Waals surface area contributed by atoms with Crippen molar-refractivity contribution in [1.29, 1.82) is 0 Å². The molecule has 1 heterocycles. The maximum absolute atomic E-state index is 8.36. The van der Waals surface area contributed by atoms with Crippen LogP contribution in [0.2, 0.25) is 15.1 Å². The number of ether oxygens (including phenoxy) is 1. The van der Waals surface area contributed by atoms with Crippen LogP contribution < -0.4 is 4.74 Å². The second-order valence-electron chi connectivity index (χ2n) is 5.94. The highest BCUT2D eigenvalue weighted by Gasteiger charge is 2.15. The molecule has 1 N–H and O–H groups in total. The molecule has 0 aliphatic heterocycles. The van der Waals surface area contributed by atoms with E-state index in [2.05, 4.69) is 4.98 Å². The van der Waals surface area contributed by atoms with Crippen molar-refractivity contribution in [3.63, 3.8) is 0 Å². The second-order valence-corrected chi connectivity index (χ2v) is 7.19. The maximum Gasteiger partial charge on any atom is 0.291 e. The summed E-state index contributed by atoms with van der Waals surface area (Å²) in [5.74, 6) is 0.677. The van der Waals surface area contributed by atoms with E-state index in [9.17, 15) is 0 Å². The summed E-state index contributed by atoms with van der Waals surface area (Å²) in [5.41, 5.74) is 1.05. The second kappa shape index (κ2) is 11.5. The molecule has 154 valence electrons. The van der Waals surface area contributed by atoms with Gasteiger partial charge in [0.05, 0.1) is 17.9 Å². The van der Waals surface area contributed by atoms with Gasteiger partial charge in [-0.1, -0.05) is 53.0 Å². The molecule has 0 saturated heterocycles. The van der Waals surface area contributed by atoms with Crippen LogP contribution in [0.1, 0.15) is 12.0 Å². The molecule has 0 aliphatic carbocycles. The number of benzene rings is 2. The largest absolute Gasteiger partial charge is 0.487 e. The molecule has 29 heavy (non-hydrogen) atoms. The molecule has 3 aromatic rings. The first-order valence-electron chi connectivity index (χ1n) is 8.49. The molecule has 10 heteroatoms. The molecule has 0 bridgehead atoms. The van der Waals surface area contributed by atoms with Gasteiger partial charge in [0.15, 0.2) is 0 Å². The summed E-state index contributed by atoms with van der Waals surface area (Å²) in [6, 6.07) is 13.0. The van der Waals surface area contributed by atoms with Crippen molar-refractivity contribution < 1.29 is 15.0 Å². The number of aryl methyl sites for hydroxylation is 1. The number of hydrogen-bond donors (Lipinski definition) is 1. The van der Waals surface area contributed by atoms with E-state index < -0.39 is 5.09 Å². The van der Waals surface area contributed by atoms with Crippen molar-refractivity contribution in [1.82, 2.24) is 9.55 Å². The van der Waals surface area contributed by atoms with Gasteiger partial charge in [-0.05, 0) is 42.7 Å². The fourth-order valence-electron chi connectivity index (χ4n) is 2.58. The lowest BCUT2D eigenvalue weighted by Crippen LogP contribution is -2.23. The van der Waals surface area contributed by atoms with Crippen LogP contribution in [0.15, 0.2) is 61.2 Å². The highest BCUT2D eigenvalue weighted by atomic mass is 35.5. The van der Waals surface area contributed by atoms with Gasteiger partial charge < -0.3 is 14.5 Å². The highest BCUT2D eigenvalue weighted by Crippen LogP contribution is 2.27. The van der Waals surface area contributed by atoms with Gasteiger partial charge in [0, 0.05) is 22.4 Å². The Balaban J connectivity index is 0.000000687. The first-order valence-corrected chi connectivity index (χ1v) is 9.62. The third kappa shape index (κ3) is 8.19. The minimum absolute atomic E-state index is 0.0687. The molecule has 1 aromatic heterocycles. The number of rotatable bonds is 7. The molecule has 1 unspecified atom stereocenters. The Morgan fingerprint density at radius 2 is 1.90 bits per heavy atom. The van der Waals surface area contributed by atoms with Gasteiger partial charge in [-0.25, -0.2) is 4.98 Å². The van der Waals surface area contributed by atoms with E-state index >= 15 is 0 Å². The van der Waals surface area contributed by atoms with Gasteiger partial charge in [0.25, 0.3) is 5.09 Å². The van der Waals surface area contributed by atoms with E-state index in [1.165, 1.54) is 0 Å². The first-order chi connectivity index (χ1) is 13.8. The Labute approximate surface area is 182 Å². The molecular weight excluding hydrogens is 441 g/mol. The van der Waals surface area contributed by atoms with Gasteiger partial charge in [0.2, 0.25) is 0 Å². The number of aromatic nitrogens is 2. The van der Waals surface area contributed by atoms with Crippen LogP contribution in [0.3, 0.4) is 0 Å². The standard InChI is InChI=1S/C19H17Cl3N2O.HNO3/c20-15-7-5-14(18(22)11-15)6-8-16(12-24-10-9-23-13-24)25-19-4-2-1-3-17(19)21;2-1(3)4/h1-5,7,9-11,13,16H,6,8,12H2;(H,2,3,4). The smallest absolute Gasteiger partial charge is 0.291 e. The zero-order chi connectivity index (χ0) is 21.2. The molecule has 0 spiro atoms. The molecule has 3 rings (SSSR count). The van der Waals surface area contributed by atoms with Crippen molar-refractivity contribution >= 4 is 34.8 Å². The van der Waals surface area contributed by atoms with Crippen LogP contribution in [-0.4, -0.2) is 25.9 Å². The van der Waals surface area contributed by atoms with E-state index in [4.69, 9.17) is 54.9 Å². The predicted octanol–water partition coefficient (Wildman–Crippen LogP) is 5.58. The summed E-state index contributed by atoms with van der Waals surface area (Å²) in [4.78, 5) is 12.4. The van der Waals surface area contributed by atoms with Crippen molar-refractivity contribution in [3.05, 3.63) is 91.9 Å². The molecule has 7 nitrogen and oxygen atoms in total. The number of para-hydroxylation sites is 1. The van der Waals surface area contributed by atoms with Crippen molar-refractivity contribution in [3.8, 4) is 5.75 Å². The Bertz CT molecular complexity index is 919. The molecule has 0 fully saturated rings.